The van der Waals surface area contributed by atoms with Gasteiger partial charge in [-0.25, -0.2) is 9.97 Å². The number of nitrogens with one attached hydrogen (secondary N) is 5. The third-order valence-electron chi connectivity index (χ3n) is 8.77. The SMILES string of the molecule is CN[C@@H](C)C(=O)N[C@H](C(=O)NC(=O)[C@@H]1CCCN1)C(C)(C)Cc1cc2c(Nc3ccc(Oc4ccc(C)nc4)c(Cl)c3)ncnc2cc1OC. The van der Waals surface area contributed by atoms with E-state index in [-0.39, 0.29) is 12.3 Å². The number of pyridine rings is 1. The summed E-state index contributed by atoms with van der Waals surface area (Å²) in [5.74, 6) is 0.738. The van der Waals surface area contributed by atoms with Crippen LogP contribution in [0.3, 0.4) is 0 Å². The molecule has 0 spiro atoms. The van der Waals surface area contributed by atoms with Gasteiger partial charge in [-0.1, -0.05) is 25.4 Å². The molecule has 5 rings (SSSR count). The Kier molecular flexibility index (Phi) is 11.5. The number of benzene rings is 2. The molecule has 1 aliphatic rings. The molecule has 13 nitrogen and oxygen atoms in total. The molecule has 2 aromatic heterocycles. The first-order chi connectivity index (χ1) is 23.9. The zero-order valence-corrected chi connectivity index (χ0v) is 29.8. The van der Waals surface area contributed by atoms with Crippen LogP contribution >= 0.6 is 11.6 Å². The van der Waals surface area contributed by atoms with Crippen LogP contribution < -0.4 is 36.1 Å². The van der Waals surface area contributed by atoms with Crippen molar-refractivity contribution in [2.75, 3.05) is 26.0 Å². The van der Waals surface area contributed by atoms with Crippen LogP contribution in [0.25, 0.3) is 10.9 Å². The predicted molar refractivity (Wildman–Crippen MR) is 192 cm³/mol. The van der Waals surface area contributed by atoms with Crippen LogP contribution in [0.1, 0.15) is 44.9 Å². The number of imide groups is 1. The Morgan fingerprint density at radius 1 is 1.06 bits per heavy atom. The number of aryl methyl sites for hydroxylation is 1. The van der Waals surface area contributed by atoms with Crippen LogP contribution in [-0.4, -0.2) is 71.5 Å². The molecule has 1 fully saturated rings. The highest BCUT2D eigenvalue weighted by Gasteiger charge is 2.39. The standard InChI is InChI=1S/C36H43ClN8O5/c1-20-9-11-24(18-40-20)50-29-12-10-23(15-26(29)37)43-32-25-14-22(30(49-6)16-28(25)41-19-42-32)17-36(3,4)31(44-33(46)21(2)38-5)35(48)45-34(47)27-8-7-13-39-27/h9-12,14-16,18-19,21,27,31,38-39H,7-8,13,17H2,1-6H3,(H,44,46)(H,41,42,43)(H,45,47,48)/t21-,27-,31+/m0/s1. The molecule has 5 N–H and O–H groups in total. The van der Waals surface area contributed by atoms with E-state index in [2.05, 4.69) is 41.5 Å². The van der Waals surface area contributed by atoms with Gasteiger partial charge in [-0.05, 0) is 94.1 Å². The molecule has 50 heavy (non-hydrogen) atoms. The second-order valence-corrected chi connectivity index (χ2v) is 13.4. The smallest absolute Gasteiger partial charge is 0.249 e. The molecule has 3 heterocycles. The molecule has 0 radical (unpaired) electrons. The second-order valence-electron chi connectivity index (χ2n) is 13.0. The van der Waals surface area contributed by atoms with E-state index >= 15 is 0 Å². The van der Waals surface area contributed by atoms with Crippen LogP contribution in [0.2, 0.25) is 5.02 Å². The van der Waals surface area contributed by atoms with Crippen molar-refractivity contribution < 1.29 is 23.9 Å². The maximum Gasteiger partial charge on any atom is 0.249 e. The summed E-state index contributed by atoms with van der Waals surface area (Å²) in [6.45, 7) is 8.03. The number of ether oxygens (including phenoxy) is 2. The van der Waals surface area contributed by atoms with E-state index in [1.54, 1.807) is 45.5 Å². The molecule has 0 bridgehead atoms. The number of nitrogens with zero attached hydrogens (tertiary/aromatic N) is 3. The number of aromatic nitrogens is 3. The van der Waals surface area contributed by atoms with Gasteiger partial charge in [-0.2, -0.15) is 0 Å². The predicted octanol–water partition coefficient (Wildman–Crippen LogP) is 4.59. The van der Waals surface area contributed by atoms with Gasteiger partial charge in [-0.3, -0.25) is 24.7 Å². The van der Waals surface area contributed by atoms with Crippen LogP contribution in [-0.2, 0) is 20.8 Å². The molecule has 0 saturated carbocycles. The minimum Gasteiger partial charge on any atom is -0.496 e. The molecule has 264 valence electrons. The topological polar surface area (TPSA) is 168 Å². The van der Waals surface area contributed by atoms with Crippen molar-refractivity contribution >= 4 is 51.7 Å². The average Bonchev–Trinajstić information content (AvgIpc) is 3.64. The van der Waals surface area contributed by atoms with Gasteiger partial charge in [0.1, 0.15) is 35.4 Å². The number of anilines is 2. The normalized spacial score (nSPS) is 15.6. The van der Waals surface area contributed by atoms with Gasteiger partial charge in [0.2, 0.25) is 17.7 Å². The molecule has 1 saturated heterocycles. The largest absolute Gasteiger partial charge is 0.496 e. The number of carbonyl (C=O) groups is 3. The zero-order chi connectivity index (χ0) is 36.0. The quantitative estimate of drug-likeness (QED) is 0.132. The van der Waals surface area contributed by atoms with E-state index in [4.69, 9.17) is 21.1 Å². The van der Waals surface area contributed by atoms with Crippen molar-refractivity contribution in [1.29, 1.82) is 0 Å². The summed E-state index contributed by atoms with van der Waals surface area (Å²) in [6, 6.07) is 10.6. The summed E-state index contributed by atoms with van der Waals surface area (Å²) in [5.41, 5.74) is 2.02. The maximum absolute atomic E-state index is 13.7. The highest BCUT2D eigenvalue weighted by atomic mass is 35.5. The van der Waals surface area contributed by atoms with E-state index in [0.717, 1.165) is 17.7 Å². The van der Waals surface area contributed by atoms with E-state index < -0.39 is 35.4 Å². The van der Waals surface area contributed by atoms with E-state index in [9.17, 15) is 14.4 Å². The minimum absolute atomic E-state index is 0.286. The van der Waals surface area contributed by atoms with E-state index in [0.29, 0.717) is 57.6 Å². The molecule has 4 aromatic rings. The highest BCUT2D eigenvalue weighted by molar-refractivity contribution is 6.32. The number of halogens is 1. The van der Waals surface area contributed by atoms with Crippen molar-refractivity contribution in [3.8, 4) is 17.2 Å². The fraction of sp³-hybridized carbons (Fsp3) is 0.389. The molecule has 2 aromatic carbocycles. The molecule has 3 atom stereocenters. The van der Waals surface area contributed by atoms with Crippen LogP contribution in [0, 0.1) is 12.3 Å². The minimum atomic E-state index is -1.06. The molecular formula is C36H43ClN8O5. The first kappa shape index (κ1) is 36.4. The van der Waals surface area contributed by atoms with Gasteiger partial charge in [0, 0.05) is 22.8 Å². The number of likely N-dealkylation sites (N-methyl/N-ethyl adjacent to an activating group) is 1. The van der Waals surface area contributed by atoms with Gasteiger partial charge < -0.3 is 30.7 Å². The molecule has 3 amide bonds. The molecule has 0 aliphatic carbocycles. The third-order valence-corrected chi connectivity index (χ3v) is 9.07. The second kappa shape index (κ2) is 15.8. The number of rotatable bonds is 13. The molecular weight excluding hydrogens is 660 g/mol. The number of hydrogen-bond acceptors (Lipinski definition) is 11. The summed E-state index contributed by atoms with van der Waals surface area (Å²) >= 11 is 6.59. The Balaban J connectivity index is 1.42. The van der Waals surface area contributed by atoms with Crippen LogP contribution in [0.5, 0.6) is 17.2 Å². The molecule has 1 aliphatic heterocycles. The zero-order valence-electron chi connectivity index (χ0n) is 29.0. The van der Waals surface area contributed by atoms with Crippen molar-refractivity contribution in [2.45, 2.75) is 65.1 Å². The van der Waals surface area contributed by atoms with Crippen molar-refractivity contribution in [3.63, 3.8) is 0 Å². The molecule has 0 unspecified atom stereocenters. The third kappa shape index (κ3) is 8.65. The Hall–Kier alpha value is -4.85. The monoisotopic (exact) mass is 702 g/mol. The number of carbonyl (C=O) groups excluding carboxylic acids is 3. The fourth-order valence-electron chi connectivity index (χ4n) is 5.79. The lowest BCUT2D eigenvalue weighted by molar-refractivity contribution is -0.137. The first-order valence-electron chi connectivity index (χ1n) is 16.4. The van der Waals surface area contributed by atoms with Crippen molar-refractivity contribution in [2.24, 2.45) is 5.41 Å². The number of amides is 3. The number of hydrogen-bond donors (Lipinski definition) is 5. The summed E-state index contributed by atoms with van der Waals surface area (Å²) in [6.07, 6.45) is 4.86. The molecule has 14 heteroatoms. The summed E-state index contributed by atoms with van der Waals surface area (Å²) in [7, 11) is 3.22. The Morgan fingerprint density at radius 3 is 2.52 bits per heavy atom. The average molecular weight is 703 g/mol. The van der Waals surface area contributed by atoms with Gasteiger partial charge in [0.15, 0.2) is 0 Å². The lowest BCUT2D eigenvalue weighted by Crippen LogP contribution is -2.59. The highest BCUT2D eigenvalue weighted by Crippen LogP contribution is 2.37. The number of methoxy groups -OCH3 is 1. The first-order valence-corrected chi connectivity index (χ1v) is 16.8. The Bertz CT molecular complexity index is 1860. The fourth-order valence-corrected chi connectivity index (χ4v) is 6.01. The summed E-state index contributed by atoms with van der Waals surface area (Å²) in [4.78, 5) is 52.9. The lowest BCUT2D eigenvalue weighted by atomic mass is 9.77. The van der Waals surface area contributed by atoms with Gasteiger partial charge in [0.05, 0.1) is 35.9 Å². The summed E-state index contributed by atoms with van der Waals surface area (Å²) in [5, 5.41) is 15.8. The summed E-state index contributed by atoms with van der Waals surface area (Å²) < 4.78 is 11.7. The lowest BCUT2D eigenvalue weighted by Gasteiger charge is -2.35. The van der Waals surface area contributed by atoms with Crippen molar-refractivity contribution in [3.05, 3.63) is 71.3 Å². The number of fused-ring (bicyclic) bond motifs is 1. The Labute approximate surface area is 296 Å². The van der Waals surface area contributed by atoms with E-state index in [1.807, 2.05) is 45.0 Å². The van der Waals surface area contributed by atoms with Crippen molar-refractivity contribution in [1.82, 2.24) is 36.2 Å². The van der Waals surface area contributed by atoms with Gasteiger partial charge in [0.25, 0.3) is 0 Å². The van der Waals surface area contributed by atoms with E-state index in [1.165, 1.54) is 6.33 Å². The van der Waals surface area contributed by atoms with Gasteiger partial charge in [-0.15, -0.1) is 0 Å². The van der Waals surface area contributed by atoms with Gasteiger partial charge >= 0.3 is 0 Å². The maximum atomic E-state index is 13.7. The Morgan fingerprint density at radius 2 is 1.86 bits per heavy atom. The van der Waals surface area contributed by atoms with Crippen LogP contribution in [0.15, 0.2) is 55.0 Å². The van der Waals surface area contributed by atoms with Crippen LogP contribution in [0.4, 0.5) is 11.5 Å².